The summed E-state index contributed by atoms with van der Waals surface area (Å²) < 4.78 is 31.9. The summed E-state index contributed by atoms with van der Waals surface area (Å²) >= 11 is 0. The zero-order chi connectivity index (χ0) is 14.3. The van der Waals surface area contributed by atoms with E-state index in [4.69, 9.17) is 4.74 Å². The molecule has 0 fully saturated rings. The van der Waals surface area contributed by atoms with Gasteiger partial charge in [-0.25, -0.2) is 18.1 Å². The molecular formula is C12H21N3O3S. The molecule has 2 N–H and O–H groups in total. The van der Waals surface area contributed by atoms with Gasteiger partial charge in [-0.3, -0.25) is 0 Å². The lowest BCUT2D eigenvalue weighted by Crippen LogP contribution is -2.31. The third-order valence-corrected chi connectivity index (χ3v) is 3.85. The van der Waals surface area contributed by atoms with E-state index in [9.17, 15) is 8.42 Å². The van der Waals surface area contributed by atoms with E-state index in [1.165, 1.54) is 6.20 Å². The van der Waals surface area contributed by atoms with Gasteiger partial charge in [0, 0.05) is 33.0 Å². The standard InChI is InChI=1S/C12H21N3O3S/c1-4-13-11-6-5-7-14-12(11)19(16,17)15-8-10(2)9-18-3/h5-7,10,13,15H,4,8-9H2,1-3H3. The Balaban J connectivity index is 2.82. The molecule has 0 bridgehead atoms. The van der Waals surface area contributed by atoms with E-state index in [0.29, 0.717) is 25.4 Å². The third kappa shape index (κ3) is 4.77. The van der Waals surface area contributed by atoms with Gasteiger partial charge in [0.1, 0.15) is 0 Å². The quantitative estimate of drug-likeness (QED) is 0.747. The Hall–Kier alpha value is -1.18. The van der Waals surface area contributed by atoms with Crippen LogP contribution in [0.1, 0.15) is 13.8 Å². The Morgan fingerprint density at radius 2 is 2.21 bits per heavy atom. The number of aromatic nitrogens is 1. The van der Waals surface area contributed by atoms with E-state index in [1.54, 1.807) is 19.2 Å². The highest BCUT2D eigenvalue weighted by Crippen LogP contribution is 2.17. The van der Waals surface area contributed by atoms with Crippen molar-refractivity contribution >= 4 is 15.7 Å². The number of nitrogens with zero attached hydrogens (tertiary/aromatic N) is 1. The maximum atomic E-state index is 12.2. The fourth-order valence-electron chi connectivity index (χ4n) is 1.59. The van der Waals surface area contributed by atoms with Crippen LogP contribution in [-0.4, -0.2) is 40.2 Å². The molecule has 1 unspecified atom stereocenters. The SMILES string of the molecule is CCNc1cccnc1S(=O)(=O)NCC(C)COC. The van der Waals surface area contributed by atoms with E-state index in [1.807, 2.05) is 13.8 Å². The number of methoxy groups -OCH3 is 1. The molecule has 0 aromatic carbocycles. The predicted molar refractivity (Wildman–Crippen MR) is 74.6 cm³/mol. The largest absolute Gasteiger partial charge is 0.384 e. The Morgan fingerprint density at radius 3 is 2.84 bits per heavy atom. The van der Waals surface area contributed by atoms with Crippen LogP contribution in [0.3, 0.4) is 0 Å². The monoisotopic (exact) mass is 287 g/mol. The molecule has 1 heterocycles. The van der Waals surface area contributed by atoms with Crippen molar-refractivity contribution in [1.29, 1.82) is 0 Å². The summed E-state index contributed by atoms with van der Waals surface area (Å²) in [6.45, 7) is 5.27. The number of hydrogen-bond acceptors (Lipinski definition) is 5. The maximum absolute atomic E-state index is 12.2. The lowest BCUT2D eigenvalue weighted by Gasteiger charge is -2.13. The molecule has 1 aromatic rings. The van der Waals surface area contributed by atoms with Gasteiger partial charge in [0.15, 0.2) is 5.03 Å². The minimum Gasteiger partial charge on any atom is -0.384 e. The smallest absolute Gasteiger partial charge is 0.260 e. The number of pyridine rings is 1. The van der Waals surface area contributed by atoms with Crippen LogP contribution in [0.15, 0.2) is 23.4 Å². The predicted octanol–water partition coefficient (Wildman–Crippen LogP) is 1.07. The average Bonchev–Trinajstić information content (AvgIpc) is 2.38. The first-order valence-corrected chi connectivity index (χ1v) is 7.67. The lowest BCUT2D eigenvalue weighted by atomic mass is 10.2. The Bertz CT molecular complexity index is 491. The molecule has 0 aliphatic rings. The lowest BCUT2D eigenvalue weighted by molar-refractivity contribution is 0.161. The molecule has 1 atom stereocenters. The van der Waals surface area contributed by atoms with Crippen LogP contribution in [0.4, 0.5) is 5.69 Å². The second kappa shape index (κ2) is 7.42. The molecule has 6 nitrogen and oxygen atoms in total. The van der Waals surface area contributed by atoms with Crippen molar-refractivity contribution < 1.29 is 13.2 Å². The van der Waals surface area contributed by atoms with Crippen LogP contribution in [-0.2, 0) is 14.8 Å². The second-order valence-corrected chi connectivity index (χ2v) is 5.98. The van der Waals surface area contributed by atoms with Gasteiger partial charge in [-0.2, -0.15) is 0 Å². The maximum Gasteiger partial charge on any atom is 0.260 e. The average molecular weight is 287 g/mol. The van der Waals surface area contributed by atoms with E-state index >= 15 is 0 Å². The summed E-state index contributed by atoms with van der Waals surface area (Å²) in [4.78, 5) is 3.95. The first-order valence-electron chi connectivity index (χ1n) is 6.18. The molecule has 1 rings (SSSR count). The van der Waals surface area contributed by atoms with Gasteiger partial charge in [0.05, 0.1) is 5.69 Å². The highest BCUT2D eigenvalue weighted by Gasteiger charge is 2.20. The Morgan fingerprint density at radius 1 is 1.47 bits per heavy atom. The fourth-order valence-corrected chi connectivity index (χ4v) is 2.86. The minimum atomic E-state index is -3.61. The van der Waals surface area contributed by atoms with Crippen LogP contribution >= 0.6 is 0 Å². The number of rotatable bonds is 8. The molecule has 0 aliphatic heterocycles. The van der Waals surface area contributed by atoms with Gasteiger partial charge in [-0.15, -0.1) is 0 Å². The topological polar surface area (TPSA) is 80.3 Å². The molecule has 0 amide bonds. The van der Waals surface area contributed by atoms with Crippen molar-refractivity contribution in [3.05, 3.63) is 18.3 Å². The van der Waals surface area contributed by atoms with Crippen molar-refractivity contribution in [2.24, 2.45) is 5.92 Å². The van der Waals surface area contributed by atoms with Crippen LogP contribution in [0, 0.1) is 5.92 Å². The van der Waals surface area contributed by atoms with Crippen LogP contribution in [0.2, 0.25) is 0 Å². The Labute approximate surface area is 114 Å². The molecule has 0 saturated carbocycles. The first kappa shape index (κ1) is 15.9. The zero-order valence-corrected chi connectivity index (χ0v) is 12.3. The molecule has 0 radical (unpaired) electrons. The van der Waals surface area contributed by atoms with Gasteiger partial charge >= 0.3 is 0 Å². The van der Waals surface area contributed by atoms with Crippen molar-refractivity contribution in [2.45, 2.75) is 18.9 Å². The molecule has 0 spiro atoms. The molecule has 7 heteroatoms. The summed E-state index contributed by atoms with van der Waals surface area (Å²) in [6.07, 6.45) is 1.47. The number of sulfonamides is 1. The van der Waals surface area contributed by atoms with E-state index in [0.717, 1.165) is 0 Å². The molecule has 1 aromatic heterocycles. The normalized spacial score (nSPS) is 13.2. The van der Waals surface area contributed by atoms with E-state index in [2.05, 4.69) is 15.0 Å². The van der Waals surface area contributed by atoms with Gasteiger partial charge in [0.25, 0.3) is 10.0 Å². The van der Waals surface area contributed by atoms with Crippen molar-refractivity contribution in [2.75, 3.05) is 32.1 Å². The van der Waals surface area contributed by atoms with Crippen LogP contribution < -0.4 is 10.0 Å². The summed E-state index contributed by atoms with van der Waals surface area (Å²) in [6, 6.07) is 3.40. The molecule has 0 saturated heterocycles. The van der Waals surface area contributed by atoms with Crippen LogP contribution in [0.25, 0.3) is 0 Å². The zero-order valence-electron chi connectivity index (χ0n) is 11.5. The molecule has 108 valence electrons. The van der Waals surface area contributed by atoms with Gasteiger partial charge < -0.3 is 10.1 Å². The van der Waals surface area contributed by atoms with Gasteiger partial charge in [-0.05, 0) is 25.0 Å². The minimum absolute atomic E-state index is 0.0291. The van der Waals surface area contributed by atoms with Crippen molar-refractivity contribution in [3.8, 4) is 0 Å². The van der Waals surface area contributed by atoms with Gasteiger partial charge in [-0.1, -0.05) is 6.92 Å². The summed E-state index contributed by atoms with van der Waals surface area (Å²) in [5, 5.41) is 3.02. The summed E-state index contributed by atoms with van der Waals surface area (Å²) in [7, 11) is -2.02. The molecular weight excluding hydrogens is 266 g/mol. The highest BCUT2D eigenvalue weighted by molar-refractivity contribution is 7.89. The first-order chi connectivity index (χ1) is 9.01. The number of ether oxygens (including phenoxy) is 1. The number of anilines is 1. The number of hydrogen-bond donors (Lipinski definition) is 2. The van der Waals surface area contributed by atoms with Crippen molar-refractivity contribution in [3.63, 3.8) is 0 Å². The second-order valence-electron chi connectivity index (χ2n) is 4.30. The Kier molecular flexibility index (Phi) is 6.20. The van der Waals surface area contributed by atoms with Gasteiger partial charge in [0.2, 0.25) is 0 Å². The van der Waals surface area contributed by atoms with Crippen LogP contribution in [0.5, 0.6) is 0 Å². The molecule has 19 heavy (non-hydrogen) atoms. The molecule has 0 aliphatic carbocycles. The summed E-state index contributed by atoms with van der Waals surface area (Å²) in [5.41, 5.74) is 0.511. The van der Waals surface area contributed by atoms with E-state index in [-0.39, 0.29) is 10.9 Å². The third-order valence-electron chi connectivity index (χ3n) is 2.47. The highest BCUT2D eigenvalue weighted by atomic mass is 32.2. The fraction of sp³-hybridized carbons (Fsp3) is 0.583. The number of nitrogens with one attached hydrogen (secondary N) is 2. The van der Waals surface area contributed by atoms with Crippen molar-refractivity contribution in [1.82, 2.24) is 9.71 Å². The van der Waals surface area contributed by atoms with E-state index < -0.39 is 10.0 Å². The summed E-state index contributed by atoms with van der Waals surface area (Å²) in [5.74, 6) is 0.103.